The molecule has 0 fully saturated rings. The molecule has 2 aromatic rings. The number of sulfonamides is 1. The van der Waals surface area contributed by atoms with Gasteiger partial charge in [0.2, 0.25) is 10.0 Å². The van der Waals surface area contributed by atoms with E-state index in [9.17, 15) is 8.42 Å². The molecule has 0 saturated carbocycles. The van der Waals surface area contributed by atoms with Gasteiger partial charge in [0.15, 0.2) is 0 Å². The molecule has 0 atom stereocenters. The lowest BCUT2D eigenvalue weighted by Gasteiger charge is -2.08. The number of hydrogen-bond acceptors (Lipinski definition) is 3. The molecule has 21 heavy (non-hydrogen) atoms. The summed E-state index contributed by atoms with van der Waals surface area (Å²) in [5, 5.41) is 0. The molecule has 0 aliphatic carbocycles. The molecule has 0 spiro atoms. The third-order valence-corrected chi connectivity index (χ3v) is 4.33. The van der Waals surface area contributed by atoms with Crippen molar-refractivity contribution in [3.8, 4) is 5.75 Å². The summed E-state index contributed by atoms with van der Waals surface area (Å²) in [6.07, 6.45) is 0.915. The van der Waals surface area contributed by atoms with Crippen LogP contribution in [-0.2, 0) is 16.6 Å². The standard InChI is InChI=1S/C16H19NO3S/c1-2-12-20-15-8-10-16(11-9-15)21(18,19)17-13-14-6-4-3-5-7-14/h3-11,17H,2,12-13H2,1H3. The summed E-state index contributed by atoms with van der Waals surface area (Å²) < 4.78 is 32.4. The second-order valence-electron chi connectivity index (χ2n) is 4.63. The smallest absolute Gasteiger partial charge is 0.240 e. The molecular formula is C16H19NO3S. The van der Waals surface area contributed by atoms with Gasteiger partial charge in [0.1, 0.15) is 5.75 Å². The van der Waals surface area contributed by atoms with E-state index in [0.29, 0.717) is 12.4 Å². The van der Waals surface area contributed by atoms with E-state index in [1.54, 1.807) is 24.3 Å². The summed E-state index contributed by atoms with van der Waals surface area (Å²) in [4.78, 5) is 0.238. The fourth-order valence-electron chi connectivity index (χ4n) is 1.79. The largest absolute Gasteiger partial charge is 0.494 e. The Labute approximate surface area is 125 Å². The van der Waals surface area contributed by atoms with Gasteiger partial charge < -0.3 is 4.74 Å². The van der Waals surface area contributed by atoms with Crippen LogP contribution in [0.15, 0.2) is 59.5 Å². The van der Waals surface area contributed by atoms with Crippen molar-refractivity contribution in [3.05, 3.63) is 60.2 Å². The van der Waals surface area contributed by atoms with E-state index < -0.39 is 10.0 Å². The average molecular weight is 305 g/mol. The van der Waals surface area contributed by atoms with E-state index in [-0.39, 0.29) is 11.4 Å². The molecule has 0 aromatic heterocycles. The lowest BCUT2D eigenvalue weighted by molar-refractivity contribution is 0.317. The predicted octanol–water partition coefficient (Wildman–Crippen LogP) is 2.95. The minimum atomic E-state index is -3.50. The van der Waals surface area contributed by atoms with Gasteiger partial charge in [-0.25, -0.2) is 13.1 Å². The third kappa shape index (κ3) is 4.58. The molecular weight excluding hydrogens is 286 g/mol. The van der Waals surface area contributed by atoms with Crippen molar-refractivity contribution >= 4 is 10.0 Å². The van der Waals surface area contributed by atoms with E-state index >= 15 is 0 Å². The van der Waals surface area contributed by atoms with Gasteiger partial charge in [0, 0.05) is 6.54 Å². The Morgan fingerprint density at radius 2 is 1.67 bits per heavy atom. The molecule has 0 aliphatic heterocycles. The molecule has 0 heterocycles. The lowest BCUT2D eigenvalue weighted by atomic mass is 10.2. The van der Waals surface area contributed by atoms with Crippen molar-refractivity contribution in [2.75, 3.05) is 6.61 Å². The van der Waals surface area contributed by atoms with E-state index in [0.717, 1.165) is 12.0 Å². The number of rotatable bonds is 7. The number of hydrogen-bond donors (Lipinski definition) is 1. The fraction of sp³-hybridized carbons (Fsp3) is 0.250. The van der Waals surface area contributed by atoms with E-state index in [4.69, 9.17) is 4.74 Å². The SMILES string of the molecule is CCCOc1ccc(S(=O)(=O)NCc2ccccc2)cc1. The zero-order valence-electron chi connectivity index (χ0n) is 12.0. The van der Waals surface area contributed by atoms with Crippen LogP contribution in [0.4, 0.5) is 0 Å². The molecule has 0 saturated heterocycles. The van der Waals surface area contributed by atoms with Crippen LogP contribution in [0.5, 0.6) is 5.75 Å². The summed E-state index contributed by atoms with van der Waals surface area (Å²) >= 11 is 0. The van der Waals surface area contributed by atoms with Crippen LogP contribution in [0.2, 0.25) is 0 Å². The van der Waals surface area contributed by atoms with Crippen LogP contribution in [0.1, 0.15) is 18.9 Å². The Hall–Kier alpha value is -1.85. The molecule has 5 heteroatoms. The quantitative estimate of drug-likeness (QED) is 0.855. The van der Waals surface area contributed by atoms with Gasteiger partial charge in [-0.05, 0) is 36.2 Å². The maximum atomic E-state index is 12.2. The van der Waals surface area contributed by atoms with Crippen LogP contribution < -0.4 is 9.46 Å². The fourth-order valence-corrected chi connectivity index (χ4v) is 2.81. The van der Waals surface area contributed by atoms with Crippen molar-refractivity contribution in [3.63, 3.8) is 0 Å². The molecule has 0 bridgehead atoms. The number of benzene rings is 2. The van der Waals surface area contributed by atoms with Crippen molar-refractivity contribution in [2.24, 2.45) is 0 Å². The molecule has 112 valence electrons. The molecule has 2 aromatic carbocycles. The Morgan fingerprint density at radius 3 is 2.29 bits per heavy atom. The van der Waals surface area contributed by atoms with Gasteiger partial charge in [0.25, 0.3) is 0 Å². The summed E-state index contributed by atoms with van der Waals surface area (Å²) in [6.45, 7) is 2.92. The zero-order chi connectivity index (χ0) is 15.1. The van der Waals surface area contributed by atoms with Gasteiger partial charge in [-0.15, -0.1) is 0 Å². The number of ether oxygens (including phenoxy) is 1. The Morgan fingerprint density at radius 1 is 1.00 bits per heavy atom. The van der Waals surface area contributed by atoms with E-state index in [1.807, 2.05) is 37.3 Å². The Kier molecular flexibility index (Phi) is 5.36. The molecule has 0 radical (unpaired) electrons. The molecule has 0 unspecified atom stereocenters. The maximum absolute atomic E-state index is 12.2. The first kappa shape index (κ1) is 15.5. The summed E-state index contributed by atoms with van der Waals surface area (Å²) in [5.41, 5.74) is 0.920. The molecule has 0 aliphatic rings. The molecule has 0 amide bonds. The van der Waals surface area contributed by atoms with Crippen molar-refractivity contribution in [1.29, 1.82) is 0 Å². The molecule has 2 rings (SSSR count). The summed E-state index contributed by atoms with van der Waals surface area (Å²) in [5.74, 6) is 0.679. The molecule has 1 N–H and O–H groups in total. The van der Waals surface area contributed by atoms with Crippen molar-refractivity contribution in [2.45, 2.75) is 24.8 Å². The van der Waals surface area contributed by atoms with Gasteiger partial charge in [-0.2, -0.15) is 0 Å². The van der Waals surface area contributed by atoms with Crippen LogP contribution in [-0.4, -0.2) is 15.0 Å². The second kappa shape index (κ2) is 7.24. The van der Waals surface area contributed by atoms with E-state index in [1.165, 1.54) is 0 Å². The monoisotopic (exact) mass is 305 g/mol. The third-order valence-electron chi connectivity index (χ3n) is 2.92. The minimum Gasteiger partial charge on any atom is -0.494 e. The first-order chi connectivity index (χ1) is 10.1. The van der Waals surface area contributed by atoms with Crippen LogP contribution in [0.25, 0.3) is 0 Å². The highest BCUT2D eigenvalue weighted by molar-refractivity contribution is 7.89. The normalized spacial score (nSPS) is 11.3. The van der Waals surface area contributed by atoms with Gasteiger partial charge in [0.05, 0.1) is 11.5 Å². The topological polar surface area (TPSA) is 55.4 Å². The first-order valence-electron chi connectivity index (χ1n) is 6.88. The van der Waals surface area contributed by atoms with Crippen molar-refractivity contribution < 1.29 is 13.2 Å². The van der Waals surface area contributed by atoms with E-state index in [2.05, 4.69) is 4.72 Å². The second-order valence-corrected chi connectivity index (χ2v) is 6.40. The average Bonchev–Trinajstić information content (AvgIpc) is 2.52. The van der Waals surface area contributed by atoms with Crippen LogP contribution >= 0.6 is 0 Å². The maximum Gasteiger partial charge on any atom is 0.240 e. The lowest BCUT2D eigenvalue weighted by Crippen LogP contribution is -2.23. The minimum absolute atomic E-state index is 0.238. The highest BCUT2D eigenvalue weighted by Gasteiger charge is 2.13. The Balaban J connectivity index is 2.02. The van der Waals surface area contributed by atoms with Gasteiger partial charge >= 0.3 is 0 Å². The predicted molar refractivity (Wildman–Crippen MR) is 82.7 cm³/mol. The van der Waals surface area contributed by atoms with Crippen LogP contribution in [0, 0.1) is 0 Å². The Bertz CT molecular complexity index is 652. The zero-order valence-corrected chi connectivity index (χ0v) is 12.8. The summed E-state index contributed by atoms with van der Waals surface area (Å²) in [7, 11) is -3.50. The van der Waals surface area contributed by atoms with Gasteiger partial charge in [-0.1, -0.05) is 37.3 Å². The molecule has 4 nitrogen and oxygen atoms in total. The highest BCUT2D eigenvalue weighted by Crippen LogP contribution is 2.16. The first-order valence-corrected chi connectivity index (χ1v) is 8.36. The van der Waals surface area contributed by atoms with Gasteiger partial charge in [-0.3, -0.25) is 0 Å². The number of nitrogens with one attached hydrogen (secondary N) is 1. The highest BCUT2D eigenvalue weighted by atomic mass is 32.2. The van der Waals surface area contributed by atoms with Crippen molar-refractivity contribution in [1.82, 2.24) is 4.72 Å². The van der Waals surface area contributed by atoms with Crippen LogP contribution in [0.3, 0.4) is 0 Å². The summed E-state index contributed by atoms with van der Waals surface area (Å²) in [6, 6.07) is 15.9.